The van der Waals surface area contributed by atoms with Crippen LogP contribution >= 0.6 is 11.8 Å². The first-order valence-electron chi connectivity index (χ1n) is 9.21. The van der Waals surface area contributed by atoms with Crippen molar-refractivity contribution >= 4 is 22.8 Å². The summed E-state index contributed by atoms with van der Waals surface area (Å²) in [6, 6.07) is 18.0. The molecule has 0 saturated heterocycles. The molecule has 4 aromatic rings. The van der Waals surface area contributed by atoms with E-state index in [4.69, 9.17) is 0 Å². The molecule has 0 fully saturated rings. The summed E-state index contributed by atoms with van der Waals surface area (Å²) in [6.07, 6.45) is 1.62. The molecule has 0 aliphatic rings. The van der Waals surface area contributed by atoms with Crippen LogP contribution in [-0.2, 0) is 12.5 Å². The first-order chi connectivity index (χ1) is 13.3. The molecule has 1 N–H and O–H groups in total. The second-order valence-corrected chi connectivity index (χ2v) is 8.99. The first-order valence-corrected chi connectivity index (χ1v) is 10.0. The van der Waals surface area contributed by atoms with E-state index in [1.54, 1.807) is 30.2 Å². The summed E-state index contributed by atoms with van der Waals surface area (Å²) in [7, 11) is 2.00. The summed E-state index contributed by atoms with van der Waals surface area (Å²) in [5.41, 5.74) is 4.43. The fraction of sp³-hybridized carbons (Fsp3) is 0.217. The van der Waals surface area contributed by atoms with Crippen LogP contribution < -0.4 is 0 Å². The Kier molecular flexibility index (Phi) is 4.63. The van der Waals surface area contributed by atoms with Crippen molar-refractivity contribution in [2.75, 3.05) is 0 Å². The van der Waals surface area contributed by atoms with Gasteiger partial charge in [-0.25, -0.2) is 9.97 Å². The zero-order valence-corrected chi connectivity index (χ0v) is 17.3. The van der Waals surface area contributed by atoms with E-state index in [1.165, 1.54) is 5.56 Å². The number of rotatable bonds is 3. The second kappa shape index (κ2) is 6.99. The van der Waals surface area contributed by atoms with Crippen LogP contribution in [0.3, 0.4) is 0 Å². The van der Waals surface area contributed by atoms with Gasteiger partial charge < -0.3 is 9.67 Å². The second-order valence-electron chi connectivity index (χ2n) is 7.93. The molecular formula is C23H23N3OS. The highest BCUT2D eigenvalue weighted by Crippen LogP contribution is 2.35. The number of hydrogen-bond acceptors (Lipinski definition) is 4. The SMILES string of the molecule is Cn1c(-c2ccc(O)cc2)cc2c(Sc3ccc(C(C)(C)C)cc3)ncnc21. The maximum absolute atomic E-state index is 9.56. The fourth-order valence-corrected chi connectivity index (χ4v) is 4.09. The Morgan fingerprint density at radius 2 is 1.61 bits per heavy atom. The summed E-state index contributed by atoms with van der Waals surface area (Å²) in [4.78, 5) is 10.2. The molecule has 4 nitrogen and oxygen atoms in total. The Hall–Kier alpha value is -2.79. The van der Waals surface area contributed by atoms with Gasteiger partial charge >= 0.3 is 0 Å². The third kappa shape index (κ3) is 3.50. The average Bonchev–Trinajstić information content (AvgIpc) is 3.00. The molecule has 0 saturated carbocycles. The van der Waals surface area contributed by atoms with Crippen molar-refractivity contribution < 1.29 is 5.11 Å². The van der Waals surface area contributed by atoms with Gasteiger partial charge in [0.1, 0.15) is 22.7 Å². The first kappa shape index (κ1) is 18.6. The molecule has 0 aliphatic heterocycles. The Labute approximate surface area is 169 Å². The van der Waals surface area contributed by atoms with Crippen LogP contribution in [0.15, 0.2) is 70.8 Å². The molecule has 0 unspecified atom stereocenters. The molecule has 0 bridgehead atoms. The normalized spacial score (nSPS) is 11.9. The maximum Gasteiger partial charge on any atom is 0.144 e. The van der Waals surface area contributed by atoms with Crippen LogP contribution in [-0.4, -0.2) is 19.6 Å². The smallest absolute Gasteiger partial charge is 0.144 e. The fourth-order valence-electron chi connectivity index (χ4n) is 3.24. The van der Waals surface area contributed by atoms with Crippen molar-refractivity contribution in [1.82, 2.24) is 14.5 Å². The Morgan fingerprint density at radius 1 is 0.929 bits per heavy atom. The van der Waals surface area contributed by atoms with Gasteiger partial charge in [-0.3, -0.25) is 0 Å². The van der Waals surface area contributed by atoms with Gasteiger partial charge in [-0.15, -0.1) is 0 Å². The van der Waals surface area contributed by atoms with E-state index in [9.17, 15) is 5.11 Å². The molecule has 0 aliphatic carbocycles. The Balaban J connectivity index is 1.72. The minimum atomic E-state index is 0.143. The lowest BCUT2D eigenvalue weighted by molar-refractivity contribution is 0.475. The molecule has 0 radical (unpaired) electrons. The number of aryl methyl sites for hydroxylation is 1. The highest BCUT2D eigenvalue weighted by atomic mass is 32.2. The van der Waals surface area contributed by atoms with Gasteiger partial charge in [0.15, 0.2) is 0 Å². The predicted molar refractivity (Wildman–Crippen MR) is 115 cm³/mol. The number of aromatic nitrogens is 3. The number of benzene rings is 2. The van der Waals surface area contributed by atoms with Crippen LogP contribution in [0, 0.1) is 0 Å². The molecule has 4 rings (SSSR count). The number of nitrogens with zero attached hydrogens (tertiary/aromatic N) is 3. The third-order valence-electron chi connectivity index (χ3n) is 4.88. The van der Waals surface area contributed by atoms with E-state index in [0.29, 0.717) is 0 Å². The largest absolute Gasteiger partial charge is 0.508 e. The van der Waals surface area contributed by atoms with Crippen LogP contribution in [0.5, 0.6) is 5.75 Å². The molecule has 5 heteroatoms. The number of phenols is 1. The number of phenolic OH excluding ortho intramolecular Hbond substituents is 1. The van der Waals surface area contributed by atoms with E-state index in [2.05, 4.69) is 65.6 Å². The summed E-state index contributed by atoms with van der Waals surface area (Å²) < 4.78 is 2.07. The highest BCUT2D eigenvalue weighted by Gasteiger charge is 2.16. The van der Waals surface area contributed by atoms with Crippen molar-refractivity contribution in [2.24, 2.45) is 7.05 Å². The number of hydrogen-bond donors (Lipinski definition) is 1. The lowest BCUT2D eigenvalue weighted by Gasteiger charge is -2.19. The van der Waals surface area contributed by atoms with Gasteiger partial charge in [-0.1, -0.05) is 44.7 Å². The third-order valence-corrected chi connectivity index (χ3v) is 5.91. The van der Waals surface area contributed by atoms with Gasteiger partial charge in [-0.05, 0) is 59.0 Å². The molecular weight excluding hydrogens is 366 g/mol. The molecule has 2 heterocycles. The number of aromatic hydroxyl groups is 1. The van der Waals surface area contributed by atoms with Gasteiger partial charge in [-0.2, -0.15) is 0 Å². The quantitative estimate of drug-likeness (QED) is 0.451. The van der Waals surface area contributed by atoms with Gasteiger partial charge in [0.05, 0.1) is 11.1 Å². The van der Waals surface area contributed by atoms with E-state index in [0.717, 1.165) is 32.2 Å². The van der Waals surface area contributed by atoms with Crippen LogP contribution in [0.25, 0.3) is 22.3 Å². The minimum Gasteiger partial charge on any atom is -0.508 e. The maximum atomic E-state index is 9.56. The van der Waals surface area contributed by atoms with Crippen molar-refractivity contribution in [3.8, 4) is 17.0 Å². The van der Waals surface area contributed by atoms with E-state index in [-0.39, 0.29) is 11.2 Å². The van der Waals surface area contributed by atoms with Crippen molar-refractivity contribution in [3.63, 3.8) is 0 Å². The highest BCUT2D eigenvalue weighted by molar-refractivity contribution is 7.99. The molecule has 142 valence electrons. The summed E-state index contributed by atoms with van der Waals surface area (Å²) >= 11 is 1.65. The molecule has 0 atom stereocenters. The molecule has 2 aromatic carbocycles. The minimum absolute atomic E-state index is 0.143. The standard InChI is InChI=1S/C23H23N3OS/c1-23(2,3)16-7-11-18(12-8-16)28-22-19-13-20(15-5-9-17(27)10-6-15)26(4)21(19)24-14-25-22/h5-14,27H,1-4H3. The van der Waals surface area contributed by atoms with Gasteiger partial charge in [0.2, 0.25) is 0 Å². The molecule has 28 heavy (non-hydrogen) atoms. The molecule has 0 spiro atoms. The zero-order chi connectivity index (χ0) is 19.9. The zero-order valence-electron chi connectivity index (χ0n) is 16.5. The topological polar surface area (TPSA) is 50.9 Å². The van der Waals surface area contributed by atoms with Gasteiger partial charge in [0, 0.05) is 11.9 Å². The summed E-state index contributed by atoms with van der Waals surface area (Å²) in [5.74, 6) is 0.261. The van der Waals surface area contributed by atoms with E-state index >= 15 is 0 Å². The van der Waals surface area contributed by atoms with E-state index < -0.39 is 0 Å². The Morgan fingerprint density at radius 3 is 2.25 bits per heavy atom. The average molecular weight is 390 g/mol. The molecule has 2 aromatic heterocycles. The summed E-state index contributed by atoms with van der Waals surface area (Å²) in [5, 5.41) is 11.5. The van der Waals surface area contributed by atoms with E-state index in [1.807, 2.05) is 19.2 Å². The van der Waals surface area contributed by atoms with Crippen molar-refractivity contribution in [1.29, 1.82) is 0 Å². The number of fused-ring (bicyclic) bond motifs is 1. The van der Waals surface area contributed by atoms with Crippen LogP contribution in [0.4, 0.5) is 0 Å². The monoisotopic (exact) mass is 389 g/mol. The van der Waals surface area contributed by atoms with Crippen molar-refractivity contribution in [3.05, 3.63) is 66.5 Å². The summed E-state index contributed by atoms with van der Waals surface area (Å²) in [6.45, 7) is 6.66. The lowest BCUT2D eigenvalue weighted by atomic mass is 9.87. The van der Waals surface area contributed by atoms with Crippen LogP contribution in [0.1, 0.15) is 26.3 Å². The van der Waals surface area contributed by atoms with Crippen molar-refractivity contribution in [2.45, 2.75) is 36.1 Å². The van der Waals surface area contributed by atoms with Gasteiger partial charge in [0.25, 0.3) is 0 Å². The van der Waals surface area contributed by atoms with Crippen LogP contribution in [0.2, 0.25) is 0 Å². The lowest BCUT2D eigenvalue weighted by Crippen LogP contribution is -2.10. The predicted octanol–water partition coefficient (Wildman–Crippen LogP) is 5.79. The Bertz CT molecular complexity index is 1120. The molecule has 0 amide bonds.